The Balaban J connectivity index is 1.76. The largest absolute Gasteiger partial charge is 0.481 e. The van der Waals surface area contributed by atoms with Gasteiger partial charge in [0.25, 0.3) is 5.91 Å². The molecular weight excluding hydrogens is 374 g/mol. The molecule has 7 heteroatoms. The van der Waals surface area contributed by atoms with Crippen molar-refractivity contribution in [3.8, 4) is 5.69 Å². The Hall–Kier alpha value is -2.15. The number of piperidine rings is 1. The third-order valence-corrected chi connectivity index (χ3v) is 4.84. The predicted molar refractivity (Wildman–Crippen MR) is 92.3 cm³/mol. The van der Waals surface area contributed by atoms with Gasteiger partial charge < -0.3 is 10.0 Å². The highest BCUT2D eigenvalue weighted by atomic mass is 79.9. The zero-order valence-corrected chi connectivity index (χ0v) is 14.9. The Morgan fingerprint density at radius 1 is 1.21 bits per heavy atom. The maximum atomic E-state index is 12.6. The maximum Gasteiger partial charge on any atom is 0.306 e. The second kappa shape index (κ2) is 6.76. The lowest BCUT2D eigenvalue weighted by molar-refractivity contribution is -0.143. The lowest BCUT2D eigenvalue weighted by Crippen LogP contribution is -2.40. The van der Waals surface area contributed by atoms with Gasteiger partial charge in [0.15, 0.2) is 5.69 Å². The first kappa shape index (κ1) is 16.7. The van der Waals surface area contributed by atoms with E-state index in [1.165, 1.54) is 0 Å². The molecule has 0 spiro atoms. The molecule has 6 nitrogen and oxygen atoms in total. The topological polar surface area (TPSA) is 75.4 Å². The van der Waals surface area contributed by atoms with Gasteiger partial charge in [-0.05, 0) is 50.1 Å². The minimum Gasteiger partial charge on any atom is -0.481 e. The van der Waals surface area contributed by atoms with Crippen LogP contribution < -0.4 is 0 Å². The number of benzene rings is 1. The molecule has 1 aliphatic heterocycles. The second-order valence-electron chi connectivity index (χ2n) is 5.96. The number of carbonyl (C=O) groups is 2. The molecule has 0 bridgehead atoms. The highest BCUT2D eigenvalue weighted by molar-refractivity contribution is 9.10. The van der Waals surface area contributed by atoms with Crippen molar-refractivity contribution in [2.75, 3.05) is 13.1 Å². The van der Waals surface area contributed by atoms with Crippen molar-refractivity contribution in [1.82, 2.24) is 14.7 Å². The second-order valence-corrected chi connectivity index (χ2v) is 6.88. The van der Waals surface area contributed by atoms with Crippen molar-refractivity contribution in [3.63, 3.8) is 0 Å². The summed E-state index contributed by atoms with van der Waals surface area (Å²) in [6.07, 6.45) is 0.987. The number of halogens is 1. The number of nitrogens with zero attached hydrogens (tertiary/aromatic N) is 3. The van der Waals surface area contributed by atoms with E-state index in [0.29, 0.717) is 31.6 Å². The van der Waals surface area contributed by atoms with Gasteiger partial charge in [0.05, 0.1) is 11.6 Å². The Kier molecular flexibility index (Phi) is 4.71. The first-order valence-corrected chi connectivity index (χ1v) is 8.59. The van der Waals surface area contributed by atoms with Crippen LogP contribution in [0.1, 0.15) is 29.0 Å². The lowest BCUT2D eigenvalue weighted by atomic mass is 9.97. The molecule has 1 aliphatic rings. The van der Waals surface area contributed by atoms with Gasteiger partial charge in [-0.2, -0.15) is 5.10 Å². The van der Waals surface area contributed by atoms with E-state index in [4.69, 9.17) is 5.11 Å². The Morgan fingerprint density at radius 3 is 2.42 bits per heavy atom. The summed E-state index contributed by atoms with van der Waals surface area (Å²) in [5.41, 5.74) is 2.16. The SMILES string of the molecule is Cc1cc(C(=O)N2CCC(C(=O)O)CC2)nn1-c1ccc(Br)cc1. The number of likely N-dealkylation sites (tertiary alicyclic amines) is 1. The number of carboxylic acid groups (broad SMARTS) is 1. The van der Waals surface area contributed by atoms with Gasteiger partial charge >= 0.3 is 5.97 Å². The quantitative estimate of drug-likeness (QED) is 0.872. The number of carboxylic acids is 1. The summed E-state index contributed by atoms with van der Waals surface area (Å²) in [4.78, 5) is 25.3. The number of hydrogen-bond donors (Lipinski definition) is 1. The molecule has 1 N–H and O–H groups in total. The van der Waals surface area contributed by atoms with E-state index in [1.807, 2.05) is 31.2 Å². The van der Waals surface area contributed by atoms with Crippen LogP contribution in [-0.2, 0) is 4.79 Å². The molecule has 0 atom stereocenters. The Bertz CT molecular complexity index is 762. The monoisotopic (exact) mass is 391 g/mol. The molecule has 24 heavy (non-hydrogen) atoms. The van der Waals surface area contributed by atoms with Crippen LogP contribution in [0.5, 0.6) is 0 Å². The van der Waals surface area contributed by atoms with Crippen molar-refractivity contribution in [1.29, 1.82) is 0 Å². The summed E-state index contributed by atoms with van der Waals surface area (Å²) in [5.74, 6) is -1.27. The van der Waals surface area contributed by atoms with Crippen LogP contribution in [0.15, 0.2) is 34.8 Å². The Morgan fingerprint density at radius 2 is 1.83 bits per heavy atom. The molecule has 1 aromatic heterocycles. The molecule has 2 heterocycles. The molecule has 3 rings (SSSR count). The molecule has 1 saturated heterocycles. The molecule has 0 aliphatic carbocycles. The molecule has 0 radical (unpaired) electrons. The Labute approximate surface area is 148 Å². The minimum atomic E-state index is -0.780. The molecule has 0 saturated carbocycles. The molecule has 1 fully saturated rings. The van der Waals surface area contributed by atoms with Gasteiger partial charge in [-0.1, -0.05) is 15.9 Å². The fourth-order valence-corrected chi connectivity index (χ4v) is 3.18. The molecule has 0 unspecified atom stereocenters. The summed E-state index contributed by atoms with van der Waals surface area (Å²) in [5, 5.41) is 13.5. The fourth-order valence-electron chi connectivity index (χ4n) is 2.91. The number of aromatic nitrogens is 2. The summed E-state index contributed by atoms with van der Waals surface area (Å²) >= 11 is 3.40. The average Bonchev–Trinajstić information content (AvgIpc) is 2.97. The summed E-state index contributed by atoms with van der Waals surface area (Å²) in [7, 11) is 0. The average molecular weight is 392 g/mol. The third-order valence-electron chi connectivity index (χ3n) is 4.31. The zero-order chi connectivity index (χ0) is 17.3. The number of amides is 1. The molecule has 2 aromatic rings. The number of aryl methyl sites for hydroxylation is 1. The van der Waals surface area contributed by atoms with Crippen LogP contribution in [0.4, 0.5) is 0 Å². The molecule has 1 amide bonds. The van der Waals surface area contributed by atoms with Crippen LogP contribution >= 0.6 is 15.9 Å². The first-order valence-electron chi connectivity index (χ1n) is 7.80. The van der Waals surface area contributed by atoms with E-state index in [1.54, 1.807) is 15.6 Å². The first-order chi connectivity index (χ1) is 11.5. The zero-order valence-electron chi connectivity index (χ0n) is 13.3. The predicted octanol–water partition coefficient (Wildman–Crippen LogP) is 2.88. The summed E-state index contributed by atoms with van der Waals surface area (Å²) in [6.45, 7) is 2.82. The van der Waals surface area contributed by atoms with Gasteiger partial charge in [0, 0.05) is 23.3 Å². The summed E-state index contributed by atoms with van der Waals surface area (Å²) < 4.78 is 2.72. The van der Waals surface area contributed by atoms with Crippen LogP contribution in [0.2, 0.25) is 0 Å². The van der Waals surface area contributed by atoms with Crippen molar-refractivity contribution in [2.24, 2.45) is 5.92 Å². The van der Waals surface area contributed by atoms with Gasteiger partial charge in [0.1, 0.15) is 0 Å². The number of rotatable bonds is 3. The highest BCUT2D eigenvalue weighted by Crippen LogP contribution is 2.20. The molecule has 1 aromatic carbocycles. The van der Waals surface area contributed by atoms with E-state index in [0.717, 1.165) is 15.9 Å². The van der Waals surface area contributed by atoms with Crippen LogP contribution in [-0.4, -0.2) is 44.8 Å². The number of hydrogen-bond acceptors (Lipinski definition) is 3. The minimum absolute atomic E-state index is 0.141. The molecular formula is C17H18BrN3O3. The standard InChI is InChI=1S/C17H18BrN3O3/c1-11-10-15(19-21(11)14-4-2-13(18)3-5-14)16(22)20-8-6-12(7-9-20)17(23)24/h2-5,10,12H,6-9H2,1H3,(H,23,24). The van der Waals surface area contributed by atoms with E-state index < -0.39 is 5.97 Å². The van der Waals surface area contributed by atoms with Gasteiger partial charge in [-0.3, -0.25) is 9.59 Å². The smallest absolute Gasteiger partial charge is 0.306 e. The van der Waals surface area contributed by atoms with Crippen LogP contribution in [0, 0.1) is 12.8 Å². The van der Waals surface area contributed by atoms with Crippen molar-refractivity contribution >= 4 is 27.8 Å². The lowest BCUT2D eigenvalue weighted by Gasteiger charge is -2.29. The maximum absolute atomic E-state index is 12.6. The third kappa shape index (κ3) is 3.36. The normalized spacial score (nSPS) is 15.5. The van der Waals surface area contributed by atoms with Crippen LogP contribution in [0.25, 0.3) is 5.69 Å². The number of carbonyl (C=O) groups excluding carboxylic acids is 1. The highest BCUT2D eigenvalue weighted by Gasteiger charge is 2.28. The van der Waals surface area contributed by atoms with Crippen molar-refractivity contribution < 1.29 is 14.7 Å². The van der Waals surface area contributed by atoms with Gasteiger partial charge in [-0.15, -0.1) is 0 Å². The van der Waals surface area contributed by atoms with E-state index in [-0.39, 0.29) is 11.8 Å². The molecule has 126 valence electrons. The van der Waals surface area contributed by atoms with Gasteiger partial charge in [0.2, 0.25) is 0 Å². The van der Waals surface area contributed by atoms with E-state index in [9.17, 15) is 9.59 Å². The van der Waals surface area contributed by atoms with Crippen molar-refractivity contribution in [2.45, 2.75) is 19.8 Å². The van der Waals surface area contributed by atoms with E-state index >= 15 is 0 Å². The van der Waals surface area contributed by atoms with Gasteiger partial charge in [-0.25, -0.2) is 4.68 Å². The van der Waals surface area contributed by atoms with Crippen molar-refractivity contribution in [3.05, 3.63) is 46.2 Å². The fraction of sp³-hybridized carbons (Fsp3) is 0.353. The van der Waals surface area contributed by atoms with E-state index in [2.05, 4.69) is 21.0 Å². The number of aliphatic carboxylic acids is 1. The summed E-state index contributed by atoms with van der Waals surface area (Å²) in [6, 6.07) is 9.48. The van der Waals surface area contributed by atoms with Crippen LogP contribution in [0.3, 0.4) is 0 Å².